The molecular formula is C13H22N2O2. The Hall–Kier alpha value is -1.32. The van der Waals surface area contributed by atoms with E-state index in [4.69, 9.17) is 0 Å². The number of carbonyl (C=O) groups is 2. The second kappa shape index (κ2) is 7.09. The Morgan fingerprint density at radius 2 is 2.00 bits per heavy atom. The Morgan fingerprint density at radius 3 is 2.59 bits per heavy atom. The molecule has 3 amide bonds. The van der Waals surface area contributed by atoms with Crippen LogP contribution >= 0.6 is 0 Å². The summed E-state index contributed by atoms with van der Waals surface area (Å²) in [4.78, 5) is 22.3. The van der Waals surface area contributed by atoms with E-state index in [0.717, 1.165) is 19.3 Å². The number of hydrogen-bond donors (Lipinski definition) is 2. The third-order valence-electron chi connectivity index (χ3n) is 3.05. The highest BCUT2D eigenvalue weighted by atomic mass is 16.2. The highest BCUT2D eigenvalue weighted by Gasteiger charge is 2.33. The minimum absolute atomic E-state index is 0.178. The van der Waals surface area contributed by atoms with Gasteiger partial charge >= 0.3 is 6.03 Å². The summed E-state index contributed by atoms with van der Waals surface area (Å²) in [6.07, 6.45) is 9.82. The van der Waals surface area contributed by atoms with Gasteiger partial charge in [-0.2, -0.15) is 0 Å². The van der Waals surface area contributed by atoms with E-state index in [0.29, 0.717) is 0 Å². The molecule has 0 aromatic carbocycles. The summed E-state index contributed by atoms with van der Waals surface area (Å²) in [5.74, 6) is -0.0188. The van der Waals surface area contributed by atoms with Gasteiger partial charge in [0.05, 0.1) is 0 Å². The highest BCUT2D eigenvalue weighted by molar-refractivity contribution is 6.04. The van der Waals surface area contributed by atoms with Crippen LogP contribution in [0, 0.1) is 5.92 Å². The van der Waals surface area contributed by atoms with Crippen LogP contribution in [0.15, 0.2) is 12.2 Å². The maximum Gasteiger partial charge on any atom is 0.322 e. The first-order chi connectivity index (χ1) is 8.15. The van der Waals surface area contributed by atoms with E-state index < -0.39 is 0 Å². The Kier molecular flexibility index (Phi) is 5.73. The molecule has 0 aromatic heterocycles. The van der Waals surface area contributed by atoms with Gasteiger partial charge in [-0.05, 0) is 25.2 Å². The zero-order valence-corrected chi connectivity index (χ0v) is 10.7. The SMILES string of the molecule is CCCCC=CCCC(C)C1NC(=O)NC1=O. The van der Waals surface area contributed by atoms with E-state index in [9.17, 15) is 9.59 Å². The normalized spacial score (nSPS) is 21.6. The zero-order valence-electron chi connectivity index (χ0n) is 10.7. The summed E-state index contributed by atoms with van der Waals surface area (Å²) in [6, 6.07) is -0.725. The van der Waals surface area contributed by atoms with Crippen LogP contribution in [0.3, 0.4) is 0 Å². The van der Waals surface area contributed by atoms with Crippen LogP contribution in [0.4, 0.5) is 4.79 Å². The predicted molar refractivity (Wildman–Crippen MR) is 67.5 cm³/mol. The summed E-state index contributed by atoms with van der Waals surface area (Å²) in [5.41, 5.74) is 0. The van der Waals surface area contributed by atoms with Crippen molar-refractivity contribution in [2.45, 2.75) is 52.0 Å². The molecule has 0 spiro atoms. The third kappa shape index (κ3) is 4.59. The molecule has 2 atom stereocenters. The molecule has 2 N–H and O–H groups in total. The number of rotatable bonds is 7. The number of allylic oxidation sites excluding steroid dienone is 2. The molecular weight excluding hydrogens is 216 g/mol. The Morgan fingerprint density at radius 1 is 1.29 bits per heavy atom. The van der Waals surface area contributed by atoms with Crippen molar-refractivity contribution in [3.63, 3.8) is 0 Å². The number of hydrogen-bond acceptors (Lipinski definition) is 2. The summed E-state index contributed by atoms with van der Waals surface area (Å²) in [6.45, 7) is 4.17. The number of nitrogens with one attached hydrogen (secondary N) is 2. The summed E-state index contributed by atoms with van der Waals surface area (Å²) < 4.78 is 0. The van der Waals surface area contributed by atoms with Crippen molar-refractivity contribution in [3.05, 3.63) is 12.2 Å². The number of amides is 3. The Balaban J connectivity index is 2.21. The van der Waals surface area contributed by atoms with Gasteiger partial charge in [0, 0.05) is 0 Å². The first-order valence-corrected chi connectivity index (χ1v) is 6.41. The average molecular weight is 238 g/mol. The molecule has 17 heavy (non-hydrogen) atoms. The van der Waals surface area contributed by atoms with Crippen molar-refractivity contribution in [1.82, 2.24) is 10.6 Å². The molecule has 1 saturated heterocycles. The van der Waals surface area contributed by atoms with E-state index in [1.54, 1.807) is 0 Å². The molecule has 2 unspecified atom stereocenters. The highest BCUT2D eigenvalue weighted by Crippen LogP contribution is 2.14. The standard InChI is InChI=1S/C13H22N2O2/c1-3-4-5-6-7-8-9-10(2)11-12(16)15-13(17)14-11/h6-7,10-11H,3-5,8-9H2,1-2H3,(H2,14,15,16,17). The Bertz CT molecular complexity index is 300. The van der Waals surface area contributed by atoms with Crippen molar-refractivity contribution in [2.24, 2.45) is 5.92 Å². The van der Waals surface area contributed by atoms with Crippen LogP contribution < -0.4 is 10.6 Å². The lowest BCUT2D eigenvalue weighted by molar-refractivity contribution is -0.121. The van der Waals surface area contributed by atoms with Gasteiger partial charge < -0.3 is 5.32 Å². The molecule has 1 aliphatic rings. The van der Waals surface area contributed by atoms with E-state index in [-0.39, 0.29) is 23.9 Å². The van der Waals surface area contributed by atoms with E-state index in [2.05, 4.69) is 29.7 Å². The van der Waals surface area contributed by atoms with Crippen LogP contribution in [-0.2, 0) is 4.79 Å². The summed E-state index contributed by atoms with van der Waals surface area (Å²) in [7, 11) is 0. The van der Waals surface area contributed by atoms with Gasteiger partial charge in [-0.25, -0.2) is 4.79 Å². The lowest BCUT2D eigenvalue weighted by atomic mass is 9.96. The van der Waals surface area contributed by atoms with Crippen molar-refractivity contribution in [2.75, 3.05) is 0 Å². The van der Waals surface area contributed by atoms with Crippen LogP contribution in [0.1, 0.15) is 46.0 Å². The second-order valence-electron chi connectivity index (χ2n) is 4.61. The van der Waals surface area contributed by atoms with Gasteiger partial charge in [-0.3, -0.25) is 10.1 Å². The number of carbonyl (C=O) groups excluding carboxylic acids is 2. The molecule has 1 aliphatic heterocycles. The summed E-state index contributed by atoms with van der Waals surface area (Å²) in [5, 5.41) is 4.90. The largest absolute Gasteiger partial charge is 0.326 e. The maximum atomic E-state index is 11.4. The molecule has 1 rings (SSSR count). The fourth-order valence-corrected chi connectivity index (χ4v) is 1.92. The van der Waals surface area contributed by atoms with Crippen molar-refractivity contribution in [3.8, 4) is 0 Å². The zero-order chi connectivity index (χ0) is 12.7. The first-order valence-electron chi connectivity index (χ1n) is 6.41. The first kappa shape index (κ1) is 13.7. The minimum Gasteiger partial charge on any atom is -0.326 e. The quantitative estimate of drug-likeness (QED) is 0.406. The lowest BCUT2D eigenvalue weighted by Gasteiger charge is -2.15. The van der Waals surface area contributed by atoms with Gasteiger partial charge in [-0.15, -0.1) is 0 Å². The van der Waals surface area contributed by atoms with E-state index in [1.165, 1.54) is 12.8 Å². The van der Waals surface area contributed by atoms with Gasteiger partial charge in [0.2, 0.25) is 0 Å². The van der Waals surface area contributed by atoms with Crippen molar-refractivity contribution in [1.29, 1.82) is 0 Å². The number of urea groups is 1. The van der Waals surface area contributed by atoms with Gasteiger partial charge in [0.1, 0.15) is 6.04 Å². The molecule has 0 saturated carbocycles. The van der Waals surface area contributed by atoms with E-state index in [1.807, 2.05) is 6.92 Å². The third-order valence-corrected chi connectivity index (χ3v) is 3.05. The molecule has 0 aliphatic carbocycles. The Labute approximate surface area is 103 Å². The van der Waals surface area contributed by atoms with E-state index >= 15 is 0 Å². The van der Waals surface area contributed by atoms with Crippen LogP contribution in [0.5, 0.6) is 0 Å². The van der Waals surface area contributed by atoms with Crippen molar-refractivity contribution < 1.29 is 9.59 Å². The minimum atomic E-state index is -0.370. The molecule has 1 heterocycles. The average Bonchev–Trinajstić information content (AvgIpc) is 2.62. The molecule has 1 fully saturated rings. The van der Waals surface area contributed by atoms with Gasteiger partial charge in [0.15, 0.2) is 0 Å². The smallest absolute Gasteiger partial charge is 0.322 e. The fourth-order valence-electron chi connectivity index (χ4n) is 1.92. The molecule has 0 aromatic rings. The lowest BCUT2D eigenvalue weighted by Crippen LogP contribution is -2.35. The number of imide groups is 1. The van der Waals surface area contributed by atoms with Crippen LogP contribution in [-0.4, -0.2) is 18.0 Å². The summed E-state index contributed by atoms with van der Waals surface area (Å²) >= 11 is 0. The van der Waals surface area contributed by atoms with Crippen LogP contribution in [0.25, 0.3) is 0 Å². The molecule has 96 valence electrons. The number of unbranched alkanes of at least 4 members (excludes halogenated alkanes) is 2. The van der Waals surface area contributed by atoms with Crippen molar-refractivity contribution >= 4 is 11.9 Å². The van der Waals surface area contributed by atoms with Gasteiger partial charge in [-0.1, -0.05) is 38.8 Å². The molecule has 4 heteroatoms. The molecule has 4 nitrogen and oxygen atoms in total. The molecule has 0 radical (unpaired) electrons. The van der Waals surface area contributed by atoms with Gasteiger partial charge in [0.25, 0.3) is 5.91 Å². The fraction of sp³-hybridized carbons (Fsp3) is 0.692. The van der Waals surface area contributed by atoms with Crippen LogP contribution in [0.2, 0.25) is 0 Å². The second-order valence-corrected chi connectivity index (χ2v) is 4.61. The monoisotopic (exact) mass is 238 g/mol. The molecule has 0 bridgehead atoms. The maximum absolute atomic E-state index is 11.4. The topological polar surface area (TPSA) is 58.2 Å². The predicted octanol–water partition coefficient (Wildman–Crippen LogP) is 2.36.